The number of fused-ring (bicyclic) bond motifs is 3. The van der Waals surface area contributed by atoms with Gasteiger partial charge in [-0.1, -0.05) is 18.2 Å². The van der Waals surface area contributed by atoms with E-state index in [0.717, 1.165) is 36.2 Å². The summed E-state index contributed by atoms with van der Waals surface area (Å²) in [6.07, 6.45) is 2.40. The Balaban J connectivity index is 0.000000806. The number of pyridine rings is 1. The Kier molecular flexibility index (Phi) is 5.92. The molecule has 1 aromatic carbocycles. The first-order valence-electron chi connectivity index (χ1n) is 10.2. The van der Waals surface area contributed by atoms with Gasteiger partial charge in [0.1, 0.15) is 17.0 Å². The third-order valence-corrected chi connectivity index (χ3v) is 5.56. The predicted molar refractivity (Wildman–Crippen MR) is 114 cm³/mol. The van der Waals surface area contributed by atoms with Crippen LogP contribution in [0, 0.1) is 6.92 Å². The average molecular weight is 415 g/mol. The maximum Gasteiger partial charge on any atom is 0.410 e. The highest BCUT2D eigenvalue weighted by Crippen LogP contribution is 2.44. The third kappa shape index (κ3) is 4.35. The number of rotatable bonds is 0. The molecule has 2 atom stereocenters. The zero-order valence-electron chi connectivity index (χ0n) is 18.3. The molecule has 1 amide bonds. The van der Waals surface area contributed by atoms with Crippen molar-refractivity contribution in [2.75, 3.05) is 6.54 Å². The lowest BCUT2D eigenvalue weighted by Gasteiger charge is -2.36. The molecular weight excluding hydrogens is 384 g/mol. The number of ether oxygens (including phenoxy) is 2. The van der Waals surface area contributed by atoms with Gasteiger partial charge in [0.2, 0.25) is 0 Å². The molecule has 2 aliphatic heterocycles. The molecule has 0 saturated carbocycles. The predicted octanol–water partition coefficient (Wildman–Crippen LogP) is 4.34. The van der Waals surface area contributed by atoms with Crippen LogP contribution in [-0.2, 0) is 16.0 Å². The lowest BCUT2D eigenvalue weighted by atomic mass is 9.87. The Morgan fingerprint density at radius 3 is 2.70 bits per heavy atom. The summed E-state index contributed by atoms with van der Waals surface area (Å²) < 4.78 is 12.2. The van der Waals surface area contributed by atoms with Crippen molar-refractivity contribution in [1.82, 2.24) is 9.88 Å². The first kappa shape index (κ1) is 21.9. The number of carbonyl (C=O) groups excluding carboxylic acids is 1. The van der Waals surface area contributed by atoms with E-state index in [1.54, 1.807) is 0 Å². The first-order chi connectivity index (χ1) is 14.1. The second-order valence-corrected chi connectivity index (χ2v) is 9.07. The normalized spacial score (nSPS) is 22.7. The molecule has 7 nitrogen and oxygen atoms in total. The largest absolute Gasteiger partial charge is 0.483 e. The maximum absolute atomic E-state index is 12.6. The second-order valence-electron chi connectivity index (χ2n) is 9.07. The Morgan fingerprint density at radius 2 is 2.03 bits per heavy atom. The fraction of sp³-hybridized carbons (Fsp3) is 0.522. The SMILES string of the molecule is Cc1nc2ccccc2c2c1OC1(CC2)CC(C)N(C(=O)OC(C)(C)C)C1.O=CO. The maximum atomic E-state index is 12.6. The van der Waals surface area contributed by atoms with E-state index in [-0.39, 0.29) is 24.2 Å². The summed E-state index contributed by atoms with van der Waals surface area (Å²) in [6.45, 7) is 10.1. The topological polar surface area (TPSA) is 89.0 Å². The van der Waals surface area contributed by atoms with Gasteiger partial charge in [0.25, 0.3) is 6.47 Å². The Bertz CT molecular complexity index is 952. The molecule has 2 aromatic rings. The van der Waals surface area contributed by atoms with Crippen LogP contribution in [0.15, 0.2) is 24.3 Å². The van der Waals surface area contributed by atoms with Gasteiger partial charge in [-0.25, -0.2) is 9.78 Å². The van der Waals surface area contributed by atoms with Crippen LogP contribution in [0.25, 0.3) is 10.9 Å². The number of likely N-dealkylation sites (tertiary alicyclic amines) is 1. The number of aryl methyl sites for hydroxylation is 2. The van der Waals surface area contributed by atoms with Crippen LogP contribution in [0.1, 0.15) is 51.8 Å². The number of carbonyl (C=O) groups is 2. The summed E-state index contributed by atoms with van der Waals surface area (Å²) >= 11 is 0. The van der Waals surface area contributed by atoms with E-state index >= 15 is 0 Å². The number of hydrogen-bond donors (Lipinski definition) is 1. The van der Waals surface area contributed by atoms with Crippen LogP contribution >= 0.6 is 0 Å². The van der Waals surface area contributed by atoms with Crippen molar-refractivity contribution in [3.8, 4) is 5.75 Å². The molecule has 162 valence electrons. The van der Waals surface area contributed by atoms with Crippen molar-refractivity contribution < 1.29 is 24.2 Å². The van der Waals surface area contributed by atoms with Crippen LogP contribution in [0.3, 0.4) is 0 Å². The summed E-state index contributed by atoms with van der Waals surface area (Å²) in [5.41, 5.74) is 2.34. The highest BCUT2D eigenvalue weighted by Gasteiger charge is 2.49. The number of benzene rings is 1. The van der Waals surface area contributed by atoms with Gasteiger partial charge in [-0.05, 0) is 53.5 Å². The minimum absolute atomic E-state index is 0.0927. The van der Waals surface area contributed by atoms with Crippen molar-refractivity contribution in [2.24, 2.45) is 0 Å². The third-order valence-electron chi connectivity index (χ3n) is 5.56. The minimum atomic E-state index is -0.494. The number of nitrogens with zero attached hydrogens (tertiary/aromatic N) is 2. The van der Waals surface area contributed by atoms with E-state index in [0.29, 0.717) is 6.54 Å². The molecule has 2 aliphatic rings. The minimum Gasteiger partial charge on any atom is -0.483 e. The highest BCUT2D eigenvalue weighted by molar-refractivity contribution is 5.85. The summed E-state index contributed by atoms with van der Waals surface area (Å²) in [4.78, 5) is 27.5. The van der Waals surface area contributed by atoms with Gasteiger partial charge < -0.3 is 19.5 Å². The number of carboxylic acid groups (broad SMARTS) is 1. The summed E-state index contributed by atoms with van der Waals surface area (Å²) in [5.74, 6) is 0.901. The van der Waals surface area contributed by atoms with Gasteiger partial charge in [-0.2, -0.15) is 0 Å². The second kappa shape index (κ2) is 8.13. The molecule has 1 fully saturated rings. The van der Waals surface area contributed by atoms with Crippen molar-refractivity contribution in [3.63, 3.8) is 0 Å². The van der Waals surface area contributed by atoms with E-state index in [4.69, 9.17) is 24.4 Å². The van der Waals surface area contributed by atoms with Crippen molar-refractivity contribution in [1.29, 1.82) is 0 Å². The van der Waals surface area contributed by atoms with Gasteiger partial charge in [0.05, 0.1) is 17.8 Å². The lowest BCUT2D eigenvalue weighted by molar-refractivity contribution is -0.122. The Labute approximate surface area is 177 Å². The molecule has 0 aliphatic carbocycles. The van der Waals surface area contributed by atoms with Crippen molar-refractivity contribution in [2.45, 2.75) is 71.1 Å². The quantitative estimate of drug-likeness (QED) is 0.645. The number of aromatic nitrogens is 1. The van der Waals surface area contributed by atoms with E-state index in [2.05, 4.69) is 19.1 Å². The summed E-state index contributed by atoms with van der Waals surface area (Å²) in [7, 11) is 0. The molecule has 7 heteroatoms. The average Bonchev–Trinajstić information content (AvgIpc) is 2.97. The van der Waals surface area contributed by atoms with Crippen LogP contribution in [0.5, 0.6) is 5.75 Å². The van der Waals surface area contributed by atoms with E-state index in [9.17, 15) is 4.79 Å². The number of para-hydroxylation sites is 1. The van der Waals surface area contributed by atoms with Crippen LogP contribution in [0.4, 0.5) is 4.79 Å². The van der Waals surface area contributed by atoms with Crippen LogP contribution in [0.2, 0.25) is 0 Å². The van der Waals surface area contributed by atoms with Gasteiger partial charge in [-0.15, -0.1) is 0 Å². The van der Waals surface area contributed by atoms with Gasteiger partial charge >= 0.3 is 6.09 Å². The van der Waals surface area contributed by atoms with E-state index in [1.807, 2.05) is 44.7 Å². The molecule has 0 radical (unpaired) electrons. The van der Waals surface area contributed by atoms with E-state index in [1.165, 1.54) is 10.9 Å². The smallest absolute Gasteiger partial charge is 0.410 e. The fourth-order valence-corrected chi connectivity index (χ4v) is 4.40. The fourth-order valence-electron chi connectivity index (χ4n) is 4.40. The van der Waals surface area contributed by atoms with Crippen molar-refractivity contribution >= 4 is 23.5 Å². The molecular formula is C23H30N2O5. The van der Waals surface area contributed by atoms with Gasteiger partial charge in [-0.3, -0.25) is 4.79 Å². The molecule has 30 heavy (non-hydrogen) atoms. The zero-order valence-corrected chi connectivity index (χ0v) is 18.3. The molecule has 3 heterocycles. The van der Waals surface area contributed by atoms with Crippen LogP contribution in [-0.4, -0.2) is 51.3 Å². The molecule has 1 aromatic heterocycles. The first-order valence-corrected chi connectivity index (χ1v) is 10.2. The Morgan fingerprint density at radius 1 is 1.37 bits per heavy atom. The molecule has 2 unspecified atom stereocenters. The number of hydrogen-bond acceptors (Lipinski definition) is 5. The monoisotopic (exact) mass is 414 g/mol. The molecule has 1 N–H and O–H groups in total. The van der Waals surface area contributed by atoms with Crippen LogP contribution < -0.4 is 4.74 Å². The lowest BCUT2D eigenvalue weighted by Crippen LogP contribution is -2.45. The number of amides is 1. The molecule has 0 bridgehead atoms. The molecule has 4 rings (SSSR count). The highest BCUT2D eigenvalue weighted by atomic mass is 16.6. The van der Waals surface area contributed by atoms with Gasteiger partial charge in [0, 0.05) is 23.4 Å². The van der Waals surface area contributed by atoms with Crippen molar-refractivity contribution in [3.05, 3.63) is 35.5 Å². The van der Waals surface area contributed by atoms with E-state index < -0.39 is 5.60 Å². The standard InChI is InChI=1S/C22H28N2O3.CH2O2/c1-14-12-22(13-24(14)20(25)27-21(3,4)5)11-10-17-16-8-6-7-9-18(16)23-15(2)19(17)26-22;2-1-3/h6-9,14H,10-13H2,1-5H3;1H,(H,2,3). The summed E-state index contributed by atoms with van der Waals surface area (Å²) in [5, 5.41) is 8.06. The summed E-state index contributed by atoms with van der Waals surface area (Å²) in [6, 6.07) is 8.33. The zero-order chi connectivity index (χ0) is 22.1. The molecule has 1 spiro atoms. The van der Waals surface area contributed by atoms with Gasteiger partial charge in [0.15, 0.2) is 0 Å². The Hall–Kier alpha value is -2.83. The molecule has 1 saturated heterocycles.